The molecule has 3 aromatic carbocycles. The van der Waals surface area contributed by atoms with Crippen molar-refractivity contribution in [3.8, 4) is 0 Å². The van der Waals surface area contributed by atoms with Crippen molar-refractivity contribution in [1.29, 1.82) is 0 Å². The van der Waals surface area contributed by atoms with Gasteiger partial charge in [0.1, 0.15) is 0 Å². The highest BCUT2D eigenvalue weighted by atomic mass is 32.1. The Morgan fingerprint density at radius 1 is 0.933 bits per heavy atom. The van der Waals surface area contributed by atoms with Crippen molar-refractivity contribution in [2.75, 3.05) is 5.32 Å². The first-order valence-corrected chi connectivity index (χ1v) is 10.3. The van der Waals surface area contributed by atoms with Crippen LogP contribution >= 0.6 is 11.3 Å². The van der Waals surface area contributed by atoms with E-state index >= 15 is 0 Å². The average molecular weight is 411 g/mol. The summed E-state index contributed by atoms with van der Waals surface area (Å²) < 4.78 is 0.896. The number of nitrogens with one attached hydrogen (secondary N) is 1. The van der Waals surface area contributed by atoms with Gasteiger partial charge in [0.25, 0.3) is 11.8 Å². The Hall–Kier alpha value is -3.77. The number of thiophene rings is 1. The van der Waals surface area contributed by atoms with Gasteiger partial charge in [-0.3, -0.25) is 14.6 Å². The summed E-state index contributed by atoms with van der Waals surface area (Å²) in [5.41, 5.74) is 9.36. The second-order valence-electron chi connectivity index (χ2n) is 6.99. The van der Waals surface area contributed by atoms with E-state index in [0.717, 1.165) is 21.2 Å². The van der Waals surface area contributed by atoms with Gasteiger partial charge in [-0.15, -0.1) is 11.3 Å². The minimum Gasteiger partial charge on any atom is -0.365 e. The van der Waals surface area contributed by atoms with Crippen LogP contribution in [0.4, 0.5) is 5.69 Å². The average Bonchev–Trinajstić information content (AvgIpc) is 3.08. The smallest absolute Gasteiger partial charge is 0.259 e. The van der Waals surface area contributed by atoms with Crippen LogP contribution in [0, 0.1) is 0 Å². The minimum atomic E-state index is -0.897. The number of benzene rings is 3. The zero-order chi connectivity index (χ0) is 20.7. The summed E-state index contributed by atoms with van der Waals surface area (Å²) in [5.74, 6) is -0.850. The normalized spacial score (nSPS) is 15.8. The maximum absolute atomic E-state index is 13.3. The Morgan fingerprint density at radius 3 is 2.43 bits per heavy atom. The van der Waals surface area contributed by atoms with Gasteiger partial charge in [-0.2, -0.15) is 0 Å². The van der Waals surface area contributed by atoms with Crippen LogP contribution in [0.1, 0.15) is 32.4 Å². The third kappa shape index (κ3) is 2.98. The van der Waals surface area contributed by atoms with Gasteiger partial charge >= 0.3 is 0 Å². The molecule has 1 aliphatic rings. The number of hydrogen-bond donors (Lipinski definition) is 2. The van der Waals surface area contributed by atoms with Crippen molar-refractivity contribution in [2.45, 2.75) is 6.04 Å². The summed E-state index contributed by atoms with van der Waals surface area (Å²) in [7, 11) is 0. The third-order valence-electron chi connectivity index (χ3n) is 5.12. The van der Waals surface area contributed by atoms with Gasteiger partial charge < -0.3 is 11.1 Å². The monoisotopic (exact) mass is 411 g/mol. The van der Waals surface area contributed by atoms with Gasteiger partial charge in [-0.25, -0.2) is 0 Å². The molecule has 0 saturated heterocycles. The molecule has 2 amide bonds. The fourth-order valence-electron chi connectivity index (χ4n) is 3.80. The SMILES string of the molecule is NC(=O)c1sc2ccccc2c1C1N=C(c2ccccc2)c2ccccc2NC1=O. The van der Waals surface area contributed by atoms with E-state index in [0.29, 0.717) is 21.8 Å². The van der Waals surface area contributed by atoms with Gasteiger partial charge in [0.15, 0.2) is 6.04 Å². The lowest BCUT2D eigenvalue weighted by atomic mass is 9.99. The van der Waals surface area contributed by atoms with E-state index in [-0.39, 0.29) is 5.91 Å². The molecule has 2 heterocycles. The van der Waals surface area contributed by atoms with Crippen molar-refractivity contribution in [3.63, 3.8) is 0 Å². The Morgan fingerprint density at radius 2 is 1.63 bits per heavy atom. The highest BCUT2D eigenvalue weighted by Gasteiger charge is 2.32. The number of fused-ring (bicyclic) bond motifs is 2. The van der Waals surface area contributed by atoms with Crippen LogP contribution in [-0.4, -0.2) is 17.5 Å². The number of aliphatic imine (C=N–C) groups is 1. The van der Waals surface area contributed by atoms with Crippen molar-refractivity contribution < 1.29 is 9.59 Å². The number of amides is 2. The molecule has 1 unspecified atom stereocenters. The topological polar surface area (TPSA) is 84.6 Å². The number of anilines is 1. The molecule has 0 spiro atoms. The predicted molar refractivity (Wildman–Crippen MR) is 120 cm³/mol. The quantitative estimate of drug-likeness (QED) is 0.519. The van der Waals surface area contributed by atoms with E-state index in [9.17, 15) is 9.59 Å². The molecule has 4 aromatic rings. The highest BCUT2D eigenvalue weighted by Crippen LogP contribution is 2.39. The van der Waals surface area contributed by atoms with Gasteiger partial charge in [-0.1, -0.05) is 66.7 Å². The molecule has 1 aromatic heterocycles. The Labute approximate surface area is 176 Å². The second kappa shape index (κ2) is 7.24. The van der Waals surface area contributed by atoms with Crippen LogP contribution in [-0.2, 0) is 4.79 Å². The van der Waals surface area contributed by atoms with Crippen LogP contribution in [0.25, 0.3) is 10.1 Å². The maximum Gasteiger partial charge on any atom is 0.259 e. The summed E-state index contributed by atoms with van der Waals surface area (Å²) in [5, 5.41) is 3.81. The summed E-state index contributed by atoms with van der Waals surface area (Å²) in [6.45, 7) is 0. The fourth-order valence-corrected chi connectivity index (χ4v) is 4.89. The number of carbonyl (C=O) groups is 2. The molecule has 0 fully saturated rings. The highest BCUT2D eigenvalue weighted by molar-refractivity contribution is 7.21. The molecule has 0 radical (unpaired) electrons. The molecule has 5 nitrogen and oxygen atoms in total. The van der Waals surface area contributed by atoms with Crippen LogP contribution in [0.15, 0.2) is 83.9 Å². The molecule has 0 saturated carbocycles. The molecule has 5 rings (SSSR count). The number of primary amides is 1. The first kappa shape index (κ1) is 18.3. The molecule has 6 heteroatoms. The molecule has 146 valence electrons. The van der Waals surface area contributed by atoms with Crippen LogP contribution in [0.5, 0.6) is 0 Å². The van der Waals surface area contributed by atoms with E-state index in [1.54, 1.807) is 0 Å². The van der Waals surface area contributed by atoms with E-state index in [4.69, 9.17) is 10.7 Å². The number of nitrogens with zero attached hydrogens (tertiary/aromatic N) is 1. The van der Waals surface area contributed by atoms with E-state index in [2.05, 4.69) is 5.32 Å². The Kier molecular flexibility index (Phi) is 4.41. The molecular weight excluding hydrogens is 394 g/mol. The number of carbonyl (C=O) groups excluding carboxylic acids is 2. The molecule has 0 aliphatic carbocycles. The third-order valence-corrected chi connectivity index (χ3v) is 6.33. The number of nitrogens with two attached hydrogens (primary N) is 1. The molecule has 1 atom stereocenters. The van der Waals surface area contributed by atoms with E-state index < -0.39 is 11.9 Å². The minimum absolute atomic E-state index is 0.292. The van der Waals surface area contributed by atoms with E-state index in [1.165, 1.54) is 11.3 Å². The maximum atomic E-state index is 13.3. The lowest BCUT2D eigenvalue weighted by molar-refractivity contribution is -0.117. The van der Waals surface area contributed by atoms with Crippen LogP contribution in [0.2, 0.25) is 0 Å². The first-order chi connectivity index (χ1) is 14.6. The van der Waals surface area contributed by atoms with Crippen molar-refractivity contribution in [1.82, 2.24) is 0 Å². The largest absolute Gasteiger partial charge is 0.365 e. The molecule has 0 bridgehead atoms. The lowest BCUT2D eigenvalue weighted by Crippen LogP contribution is -2.21. The molecule has 1 aliphatic heterocycles. The van der Waals surface area contributed by atoms with E-state index in [1.807, 2.05) is 78.9 Å². The molecule has 30 heavy (non-hydrogen) atoms. The number of hydrogen-bond acceptors (Lipinski definition) is 4. The lowest BCUT2D eigenvalue weighted by Gasteiger charge is -2.12. The summed E-state index contributed by atoms with van der Waals surface area (Å²) in [6, 6.07) is 24.0. The summed E-state index contributed by atoms with van der Waals surface area (Å²) in [6.07, 6.45) is 0. The van der Waals surface area contributed by atoms with Gasteiger partial charge in [0.05, 0.1) is 16.3 Å². The van der Waals surface area contributed by atoms with Gasteiger partial charge in [0.2, 0.25) is 0 Å². The molecular formula is C24H17N3O2S. The predicted octanol–water partition coefficient (Wildman–Crippen LogP) is 4.53. The summed E-state index contributed by atoms with van der Waals surface area (Å²) in [4.78, 5) is 30.8. The number of rotatable bonds is 3. The Bertz CT molecular complexity index is 1320. The van der Waals surface area contributed by atoms with Crippen molar-refractivity contribution >= 4 is 44.6 Å². The zero-order valence-corrected chi connectivity index (χ0v) is 16.6. The molecule has 3 N–H and O–H groups in total. The number of benzodiazepines with no additional fused rings is 1. The first-order valence-electron chi connectivity index (χ1n) is 9.48. The second-order valence-corrected chi connectivity index (χ2v) is 8.04. The van der Waals surface area contributed by atoms with Crippen LogP contribution in [0.3, 0.4) is 0 Å². The van der Waals surface area contributed by atoms with Crippen LogP contribution < -0.4 is 11.1 Å². The zero-order valence-electron chi connectivity index (χ0n) is 15.8. The van der Waals surface area contributed by atoms with Gasteiger partial charge in [0, 0.05) is 21.4 Å². The fraction of sp³-hybridized carbons (Fsp3) is 0.0417. The Balaban J connectivity index is 1.80. The van der Waals surface area contributed by atoms with Crippen molar-refractivity contribution in [2.24, 2.45) is 10.7 Å². The standard InChI is InChI=1S/C24H17N3O2S/c25-23(28)22-19(16-11-5-7-13-18(16)30-22)21-24(29)26-17-12-6-4-10-15(17)20(27-21)14-8-2-1-3-9-14/h1-13,21H,(H2,25,28)(H,26,29). The van der Waals surface area contributed by atoms with Gasteiger partial charge in [-0.05, 0) is 17.5 Å². The summed E-state index contributed by atoms with van der Waals surface area (Å²) >= 11 is 1.29. The van der Waals surface area contributed by atoms with Crippen molar-refractivity contribution in [3.05, 3.63) is 100 Å². The number of para-hydroxylation sites is 1.